The lowest BCUT2D eigenvalue weighted by Gasteiger charge is -2.15. The van der Waals surface area contributed by atoms with Crippen molar-refractivity contribution in [1.82, 2.24) is 9.97 Å². The summed E-state index contributed by atoms with van der Waals surface area (Å²) in [5, 5.41) is 5.60. The Morgan fingerprint density at radius 2 is 2.04 bits per heavy atom. The van der Waals surface area contributed by atoms with Crippen LogP contribution in [-0.2, 0) is 6.54 Å². The average Bonchev–Trinajstić information content (AvgIpc) is 3.28. The second-order valence-electron chi connectivity index (χ2n) is 7.50. The van der Waals surface area contributed by atoms with Gasteiger partial charge in [-0.05, 0) is 67.0 Å². The van der Waals surface area contributed by atoms with Crippen LogP contribution in [0.2, 0.25) is 0 Å². The second kappa shape index (κ2) is 6.65. The van der Waals surface area contributed by atoms with Crippen molar-refractivity contribution >= 4 is 22.3 Å². The van der Waals surface area contributed by atoms with Gasteiger partial charge in [-0.25, -0.2) is 4.98 Å². The Kier molecular flexibility index (Phi) is 4.00. The summed E-state index contributed by atoms with van der Waals surface area (Å²) in [5.74, 6) is 2.36. The van der Waals surface area contributed by atoms with E-state index in [1.807, 2.05) is 24.5 Å². The molecule has 5 heteroatoms. The molecule has 0 spiro atoms. The number of rotatable bonds is 3. The van der Waals surface area contributed by atoms with Gasteiger partial charge in [-0.15, -0.1) is 0 Å². The third kappa shape index (κ3) is 3.14. The summed E-state index contributed by atoms with van der Waals surface area (Å²) >= 11 is 0. The molecule has 0 bridgehead atoms. The third-order valence-electron chi connectivity index (χ3n) is 5.45. The van der Waals surface area contributed by atoms with Crippen molar-refractivity contribution in [3.05, 3.63) is 60.0 Å². The minimum absolute atomic E-state index is 0.285. The van der Waals surface area contributed by atoms with Crippen LogP contribution < -0.4 is 10.1 Å². The van der Waals surface area contributed by atoms with Crippen LogP contribution in [0.3, 0.4) is 0 Å². The second-order valence-corrected chi connectivity index (χ2v) is 7.50. The summed E-state index contributed by atoms with van der Waals surface area (Å²) in [6.07, 6.45) is 7.39. The molecular formula is C22H22N4O. The van der Waals surface area contributed by atoms with Crippen molar-refractivity contribution in [2.45, 2.75) is 38.8 Å². The van der Waals surface area contributed by atoms with Crippen LogP contribution in [-0.4, -0.2) is 21.9 Å². The molecule has 5 nitrogen and oxygen atoms in total. The first-order valence-corrected chi connectivity index (χ1v) is 9.57. The van der Waals surface area contributed by atoms with Gasteiger partial charge in [-0.1, -0.05) is 6.92 Å². The van der Waals surface area contributed by atoms with E-state index in [0.717, 1.165) is 58.2 Å². The monoisotopic (exact) mass is 358 g/mol. The average molecular weight is 358 g/mol. The number of amidine groups is 1. The number of fused-ring (bicyclic) bond motifs is 2. The number of aromatic nitrogens is 2. The molecule has 2 atom stereocenters. The first-order chi connectivity index (χ1) is 13.3. The van der Waals surface area contributed by atoms with Crippen molar-refractivity contribution in [1.29, 1.82) is 0 Å². The summed E-state index contributed by atoms with van der Waals surface area (Å²) in [6.45, 7) is 2.92. The van der Waals surface area contributed by atoms with Gasteiger partial charge in [-0.3, -0.25) is 9.98 Å². The number of pyridine rings is 2. The Labute approximate surface area is 158 Å². The summed E-state index contributed by atoms with van der Waals surface area (Å²) in [5.41, 5.74) is 3.10. The van der Waals surface area contributed by atoms with E-state index >= 15 is 0 Å². The molecule has 3 heterocycles. The normalized spacial score (nSPS) is 21.1. The zero-order valence-electron chi connectivity index (χ0n) is 15.4. The molecule has 1 fully saturated rings. The van der Waals surface area contributed by atoms with Gasteiger partial charge in [0.2, 0.25) is 5.88 Å². The van der Waals surface area contributed by atoms with Crippen LogP contribution in [0.25, 0.3) is 10.8 Å². The van der Waals surface area contributed by atoms with Gasteiger partial charge in [0.1, 0.15) is 11.9 Å². The number of anilines is 1. The number of aliphatic imine (C=N–C) groups is 1. The van der Waals surface area contributed by atoms with E-state index in [-0.39, 0.29) is 6.10 Å². The largest absolute Gasteiger partial charge is 0.474 e. The smallest absolute Gasteiger partial charge is 0.221 e. The van der Waals surface area contributed by atoms with Gasteiger partial charge in [-0.2, -0.15) is 0 Å². The molecular weight excluding hydrogens is 336 g/mol. The van der Waals surface area contributed by atoms with E-state index < -0.39 is 0 Å². The van der Waals surface area contributed by atoms with Crippen molar-refractivity contribution in [3.8, 4) is 5.88 Å². The van der Waals surface area contributed by atoms with Crippen molar-refractivity contribution < 1.29 is 4.74 Å². The molecule has 2 aliphatic rings. The van der Waals surface area contributed by atoms with E-state index in [1.165, 1.54) is 6.42 Å². The number of benzene rings is 1. The number of nitrogens with zero attached hydrogens (tertiary/aromatic N) is 3. The van der Waals surface area contributed by atoms with E-state index in [4.69, 9.17) is 4.74 Å². The van der Waals surface area contributed by atoms with E-state index in [0.29, 0.717) is 6.54 Å². The molecule has 27 heavy (non-hydrogen) atoms. The molecule has 136 valence electrons. The lowest BCUT2D eigenvalue weighted by Crippen LogP contribution is -2.13. The third-order valence-corrected chi connectivity index (χ3v) is 5.45. The number of nitrogens with one attached hydrogen (secondary N) is 1. The fourth-order valence-corrected chi connectivity index (χ4v) is 4.00. The summed E-state index contributed by atoms with van der Waals surface area (Å²) in [7, 11) is 0. The molecule has 1 aromatic carbocycles. The van der Waals surface area contributed by atoms with Crippen molar-refractivity contribution in [2.75, 3.05) is 5.32 Å². The van der Waals surface area contributed by atoms with Gasteiger partial charge in [0, 0.05) is 29.0 Å². The highest BCUT2D eigenvalue weighted by atomic mass is 16.5. The lowest BCUT2D eigenvalue weighted by molar-refractivity contribution is 0.200. The SMILES string of the molecule is C[C@H]1CC[C@@H](Oc2nccc3cc(NC4=NCc5ncccc54)ccc23)C1. The number of ether oxygens (including phenoxy) is 1. The zero-order chi connectivity index (χ0) is 18.2. The Bertz CT molecular complexity index is 1030. The maximum Gasteiger partial charge on any atom is 0.221 e. The van der Waals surface area contributed by atoms with Crippen LogP contribution in [0, 0.1) is 5.92 Å². The van der Waals surface area contributed by atoms with E-state index in [1.54, 1.807) is 0 Å². The quantitative estimate of drug-likeness (QED) is 0.745. The first-order valence-electron chi connectivity index (χ1n) is 9.57. The van der Waals surface area contributed by atoms with Crippen LogP contribution in [0.1, 0.15) is 37.4 Å². The Hall–Kier alpha value is -2.95. The van der Waals surface area contributed by atoms with Crippen molar-refractivity contribution in [2.24, 2.45) is 10.9 Å². The van der Waals surface area contributed by atoms with Crippen molar-refractivity contribution in [3.63, 3.8) is 0 Å². The summed E-state index contributed by atoms with van der Waals surface area (Å²) < 4.78 is 6.22. The molecule has 0 unspecified atom stereocenters. The molecule has 1 aliphatic carbocycles. The number of hydrogen-bond acceptors (Lipinski definition) is 5. The molecule has 0 amide bonds. The zero-order valence-corrected chi connectivity index (χ0v) is 15.4. The van der Waals surface area contributed by atoms with Gasteiger partial charge in [0.15, 0.2) is 0 Å². The van der Waals surface area contributed by atoms with Crippen LogP contribution in [0.5, 0.6) is 5.88 Å². The topological polar surface area (TPSA) is 59.4 Å². The van der Waals surface area contributed by atoms with E-state index in [2.05, 4.69) is 51.5 Å². The molecule has 2 aromatic heterocycles. The molecule has 0 saturated heterocycles. The predicted octanol–water partition coefficient (Wildman–Crippen LogP) is 4.57. The van der Waals surface area contributed by atoms with Crippen LogP contribution in [0.15, 0.2) is 53.8 Å². The molecule has 1 saturated carbocycles. The maximum atomic E-state index is 6.22. The minimum Gasteiger partial charge on any atom is -0.474 e. The molecule has 1 N–H and O–H groups in total. The Balaban J connectivity index is 1.40. The fourth-order valence-electron chi connectivity index (χ4n) is 4.00. The highest BCUT2D eigenvalue weighted by Crippen LogP contribution is 2.32. The number of hydrogen-bond donors (Lipinski definition) is 1. The van der Waals surface area contributed by atoms with Gasteiger partial charge in [0.25, 0.3) is 0 Å². The summed E-state index contributed by atoms with van der Waals surface area (Å²) in [6, 6.07) is 12.3. The lowest BCUT2D eigenvalue weighted by atomic mass is 10.1. The van der Waals surface area contributed by atoms with Gasteiger partial charge < -0.3 is 10.1 Å². The predicted molar refractivity (Wildman–Crippen MR) is 107 cm³/mol. The Morgan fingerprint density at radius 1 is 1.07 bits per heavy atom. The summed E-state index contributed by atoms with van der Waals surface area (Å²) in [4.78, 5) is 13.4. The van der Waals surface area contributed by atoms with E-state index in [9.17, 15) is 0 Å². The minimum atomic E-state index is 0.285. The highest BCUT2D eigenvalue weighted by Gasteiger charge is 2.24. The molecule has 0 radical (unpaired) electrons. The van der Waals surface area contributed by atoms with Gasteiger partial charge >= 0.3 is 0 Å². The Morgan fingerprint density at radius 3 is 2.93 bits per heavy atom. The van der Waals surface area contributed by atoms with Crippen LogP contribution >= 0.6 is 0 Å². The molecule has 3 aromatic rings. The highest BCUT2D eigenvalue weighted by molar-refractivity contribution is 6.11. The molecule has 5 rings (SSSR count). The standard InChI is InChI=1S/C22H22N4O/c1-14-4-6-17(11-14)27-22-18-7-5-16(12-15(18)8-10-24-22)26-21-19-3-2-9-23-20(19)13-25-21/h2-3,5,7-10,12,14,17H,4,6,11,13H2,1H3,(H,25,26)/t14-,17+/m0/s1. The first kappa shape index (κ1) is 16.2. The maximum absolute atomic E-state index is 6.22. The van der Waals surface area contributed by atoms with Gasteiger partial charge in [0.05, 0.1) is 12.2 Å². The van der Waals surface area contributed by atoms with Crippen LogP contribution in [0.4, 0.5) is 5.69 Å². The molecule has 1 aliphatic heterocycles. The fraction of sp³-hybridized carbons (Fsp3) is 0.318.